The topological polar surface area (TPSA) is 109 Å². The number of likely N-dealkylation sites (tertiary alicyclic amines) is 1. The van der Waals surface area contributed by atoms with Gasteiger partial charge in [-0.25, -0.2) is 0 Å². The number of Topliss-reactive ketones (excluding diaryl/α,β-unsaturated/α-hetero) is 1. The standard InChI is InChI=1S/C26H23NO7/c1-14-10-17-11-16(6-7-20(17)34-14)24(29)22-23(15-5-8-21(32-2)19(28)12-15)27(26(31)25(22)30)13-18-4-3-9-33-18/h3-9,11-12,14,23,28-29H,10,13H2,1-2H3/b24-22-. The maximum atomic E-state index is 13.2. The first-order valence-electron chi connectivity index (χ1n) is 10.8. The van der Waals surface area contributed by atoms with Crippen LogP contribution in [0.2, 0.25) is 0 Å². The van der Waals surface area contributed by atoms with Crippen LogP contribution in [0.5, 0.6) is 17.2 Å². The number of aromatic hydroxyl groups is 1. The van der Waals surface area contributed by atoms with E-state index in [0.29, 0.717) is 23.3 Å². The third kappa shape index (κ3) is 3.57. The van der Waals surface area contributed by atoms with Gasteiger partial charge in [-0.05, 0) is 60.5 Å². The number of ketones is 1. The van der Waals surface area contributed by atoms with Crippen molar-refractivity contribution in [3.63, 3.8) is 0 Å². The Morgan fingerprint density at radius 3 is 2.71 bits per heavy atom. The summed E-state index contributed by atoms with van der Waals surface area (Å²) in [5.41, 5.74) is 1.71. The minimum Gasteiger partial charge on any atom is -0.507 e. The molecule has 34 heavy (non-hydrogen) atoms. The van der Waals surface area contributed by atoms with Gasteiger partial charge in [-0.3, -0.25) is 9.59 Å². The molecule has 2 aromatic carbocycles. The first-order chi connectivity index (χ1) is 16.4. The molecule has 5 rings (SSSR count). The molecule has 2 atom stereocenters. The van der Waals surface area contributed by atoms with E-state index in [4.69, 9.17) is 13.9 Å². The zero-order valence-electron chi connectivity index (χ0n) is 18.6. The zero-order chi connectivity index (χ0) is 24.0. The molecule has 174 valence electrons. The Morgan fingerprint density at radius 1 is 1.18 bits per heavy atom. The van der Waals surface area contributed by atoms with E-state index in [0.717, 1.165) is 11.3 Å². The molecular formula is C26H23NO7. The minimum atomic E-state index is -0.940. The van der Waals surface area contributed by atoms with Crippen LogP contribution in [-0.4, -0.2) is 40.0 Å². The van der Waals surface area contributed by atoms with Gasteiger partial charge in [0, 0.05) is 12.0 Å². The van der Waals surface area contributed by atoms with Crippen LogP contribution in [0.25, 0.3) is 5.76 Å². The van der Waals surface area contributed by atoms with Crippen LogP contribution in [0, 0.1) is 0 Å². The van der Waals surface area contributed by atoms with Gasteiger partial charge in [-0.1, -0.05) is 6.07 Å². The van der Waals surface area contributed by atoms with E-state index in [1.165, 1.54) is 24.3 Å². The fourth-order valence-electron chi connectivity index (χ4n) is 4.56. The fraction of sp³-hybridized carbons (Fsp3) is 0.231. The predicted molar refractivity (Wildman–Crippen MR) is 121 cm³/mol. The lowest BCUT2D eigenvalue weighted by atomic mass is 9.94. The van der Waals surface area contributed by atoms with Gasteiger partial charge in [-0.15, -0.1) is 0 Å². The molecule has 1 saturated heterocycles. The van der Waals surface area contributed by atoms with E-state index in [9.17, 15) is 19.8 Å². The van der Waals surface area contributed by atoms with E-state index in [1.54, 1.807) is 42.5 Å². The van der Waals surface area contributed by atoms with Gasteiger partial charge in [0.05, 0.1) is 31.5 Å². The second-order valence-corrected chi connectivity index (χ2v) is 8.39. The Hall–Kier alpha value is -4.20. The van der Waals surface area contributed by atoms with Gasteiger partial charge < -0.3 is 29.0 Å². The molecule has 8 heteroatoms. The van der Waals surface area contributed by atoms with Crippen LogP contribution in [0.1, 0.15) is 35.4 Å². The van der Waals surface area contributed by atoms with E-state index < -0.39 is 17.7 Å². The monoisotopic (exact) mass is 461 g/mol. The van der Waals surface area contributed by atoms with Gasteiger partial charge in [0.15, 0.2) is 11.5 Å². The summed E-state index contributed by atoms with van der Waals surface area (Å²) in [5, 5.41) is 21.7. The van der Waals surface area contributed by atoms with E-state index >= 15 is 0 Å². The van der Waals surface area contributed by atoms with E-state index in [1.807, 2.05) is 6.92 Å². The molecule has 0 aliphatic carbocycles. The molecule has 1 fully saturated rings. The van der Waals surface area contributed by atoms with Crippen molar-refractivity contribution >= 4 is 17.4 Å². The number of carbonyl (C=O) groups excluding carboxylic acids is 2. The zero-order valence-corrected chi connectivity index (χ0v) is 18.6. The number of furan rings is 1. The number of ether oxygens (including phenoxy) is 2. The van der Waals surface area contributed by atoms with Crippen molar-refractivity contribution in [1.82, 2.24) is 4.90 Å². The van der Waals surface area contributed by atoms with Crippen molar-refractivity contribution in [1.29, 1.82) is 0 Å². The Kier molecular flexibility index (Phi) is 5.28. The second kappa shape index (κ2) is 8.30. The molecule has 3 heterocycles. The highest BCUT2D eigenvalue weighted by molar-refractivity contribution is 6.46. The molecule has 2 N–H and O–H groups in total. The predicted octanol–water partition coefficient (Wildman–Crippen LogP) is 3.94. The molecular weight excluding hydrogens is 438 g/mol. The van der Waals surface area contributed by atoms with Crippen LogP contribution in [-0.2, 0) is 22.6 Å². The number of hydrogen-bond donors (Lipinski definition) is 2. The molecule has 2 unspecified atom stereocenters. The Bertz CT molecular complexity index is 1310. The summed E-state index contributed by atoms with van der Waals surface area (Å²) in [6.07, 6.45) is 2.18. The summed E-state index contributed by atoms with van der Waals surface area (Å²) in [6.45, 7) is 1.97. The number of rotatable bonds is 5. The average Bonchev–Trinajstić information content (AvgIpc) is 3.52. The summed E-state index contributed by atoms with van der Waals surface area (Å²) >= 11 is 0. The van der Waals surface area contributed by atoms with Gasteiger partial charge in [0.1, 0.15) is 23.4 Å². The lowest BCUT2D eigenvalue weighted by molar-refractivity contribution is -0.140. The van der Waals surface area contributed by atoms with Crippen LogP contribution < -0.4 is 9.47 Å². The number of aliphatic hydroxyl groups is 1. The van der Waals surface area contributed by atoms with Gasteiger partial charge in [0.25, 0.3) is 11.7 Å². The SMILES string of the molecule is COc1ccc(C2/C(=C(/O)c3ccc4c(c3)CC(C)O4)C(=O)C(=O)N2Cc2ccco2)cc1O. The lowest BCUT2D eigenvalue weighted by Crippen LogP contribution is -2.29. The molecule has 0 saturated carbocycles. The molecule has 1 amide bonds. The number of amides is 1. The Labute approximate surface area is 195 Å². The number of phenols is 1. The molecule has 3 aromatic rings. The number of benzene rings is 2. The fourth-order valence-corrected chi connectivity index (χ4v) is 4.56. The summed E-state index contributed by atoms with van der Waals surface area (Å²) in [4.78, 5) is 27.6. The first-order valence-corrected chi connectivity index (χ1v) is 10.8. The van der Waals surface area contributed by atoms with Crippen LogP contribution in [0.3, 0.4) is 0 Å². The second-order valence-electron chi connectivity index (χ2n) is 8.39. The van der Waals surface area contributed by atoms with Crippen molar-refractivity contribution in [2.45, 2.75) is 32.0 Å². The Morgan fingerprint density at radius 2 is 2.00 bits per heavy atom. The summed E-state index contributed by atoms with van der Waals surface area (Å²) < 4.78 is 16.3. The average molecular weight is 461 g/mol. The summed E-state index contributed by atoms with van der Waals surface area (Å²) in [6, 6.07) is 12.3. The molecule has 2 aliphatic heterocycles. The van der Waals surface area contributed by atoms with Gasteiger partial charge >= 0.3 is 0 Å². The largest absolute Gasteiger partial charge is 0.507 e. The van der Waals surface area contributed by atoms with E-state index in [2.05, 4.69) is 0 Å². The Balaban J connectivity index is 1.64. The van der Waals surface area contributed by atoms with Crippen LogP contribution >= 0.6 is 0 Å². The third-order valence-electron chi connectivity index (χ3n) is 6.13. The first kappa shape index (κ1) is 21.6. The number of methoxy groups -OCH3 is 1. The van der Waals surface area contributed by atoms with Crippen molar-refractivity contribution in [3.8, 4) is 17.2 Å². The van der Waals surface area contributed by atoms with Crippen molar-refractivity contribution in [2.75, 3.05) is 7.11 Å². The highest BCUT2D eigenvalue weighted by Gasteiger charge is 2.46. The third-order valence-corrected chi connectivity index (χ3v) is 6.13. The lowest BCUT2D eigenvalue weighted by Gasteiger charge is -2.25. The maximum Gasteiger partial charge on any atom is 0.296 e. The van der Waals surface area contributed by atoms with Gasteiger partial charge in [0.2, 0.25) is 0 Å². The maximum absolute atomic E-state index is 13.2. The summed E-state index contributed by atoms with van der Waals surface area (Å²) in [5.74, 6) is -0.548. The normalized spacial score (nSPS) is 20.9. The molecule has 2 aliphatic rings. The van der Waals surface area contributed by atoms with Gasteiger partial charge in [-0.2, -0.15) is 0 Å². The number of fused-ring (bicyclic) bond motifs is 1. The highest BCUT2D eigenvalue weighted by Crippen LogP contribution is 2.43. The number of aliphatic hydroxyl groups excluding tert-OH is 1. The van der Waals surface area contributed by atoms with Crippen molar-refractivity contribution in [2.24, 2.45) is 0 Å². The number of nitrogens with zero attached hydrogens (tertiary/aromatic N) is 1. The van der Waals surface area contributed by atoms with Crippen molar-refractivity contribution in [3.05, 3.63) is 82.8 Å². The number of hydrogen-bond acceptors (Lipinski definition) is 7. The number of carbonyl (C=O) groups is 2. The highest BCUT2D eigenvalue weighted by atomic mass is 16.5. The van der Waals surface area contributed by atoms with E-state index in [-0.39, 0.29) is 35.5 Å². The minimum absolute atomic E-state index is 0.0152. The quantitative estimate of drug-likeness (QED) is 0.336. The molecule has 8 nitrogen and oxygen atoms in total. The molecule has 1 aromatic heterocycles. The smallest absolute Gasteiger partial charge is 0.296 e. The molecule has 0 bridgehead atoms. The molecule has 0 radical (unpaired) electrons. The van der Waals surface area contributed by atoms with Crippen molar-refractivity contribution < 1.29 is 33.7 Å². The summed E-state index contributed by atoms with van der Waals surface area (Å²) in [7, 11) is 1.43. The van der Waals surface area contributed by atoms with Crippen LogP contribution in [0.4, 0.5) is 0 Å². The number of phenolic OH excluding ortho intramolecular Hbond substituents is 1. The molecule has 0 spiro atoms. The van der Waals surface area contributed by atoms with Crippen LogP contribution in [0.15, 0.2) is 64.8 Å².